The van der Waals surface area contributed by atoms with Crippen LogP contribution in [0.3, 0.4) is 0 Å². The molecule has 102 valence electrons. The Bertz CT molecular complexity index is 190. The molecule has 0 aliphatic carbocycles. The summed E-state index contributed by atoms with van der Waals surface area (Å²) in [6.45, 7) is 2.25. The summed E-state index contributed by atoms with van der Waals surface area (Å²) in [7, 11) is 1.60. The van der Waals surface area contributed by atoms with Crippen molar-refractivity contribution in [2.75, 3.05) is 40.1 Å². The van der Waals surface area contributed by atoms with Crippen molar-refractivity contribution < 1.29 is 19.0 Å². The summed E-state index contributed by atoms with van der Waals surface area (Å²) in [6.07, 6.45) is 2.33. The molecule has 0 saturated carbocycles. The third-order valence-electron chi connectivity index (χ3n) is 2.18. The lowest BCUT2D eigenvalue weighted by Crippen LogP contribution is -2.33. The van der Waals surface area contributed by atoms with Crippen LogP contribution in [0.25, 0.3) is 0 Å². The number of rotatable bonds is 11. The zero-order valence-electron chi connectivity index (χ0n) is 10.5. The molecular weight excluding hydrogens is 224 g/mol. The van der Waals surface area contributed by atoms with Crippen LogP contribution in [0.5, 0.6) is 0 Å². The number of unbranched alkanes of at least 4 members (excludes halogenated alkanes) is 1. The molecule has 0 spiro atoms. The minimum absolute atomic E-state index is 0.229. The van der Waals surface area contributed by atoms with E-state index < -0.39 is 6.04 Å². The molecule has 0 aromatic rings. The molecule has 0 heterocycles. The average molecular weight is 248 g/mol. The van der Waals surface area contributed by atoms with Gasteiger partial charge in [-0.2, -0.15) is 0 Å². The van der Waals surface area contributed by atoms with Crippen LogP contribution in [0, 0.1) is 0 Å². The van der Waals surface area contributed by atoms with Crippen LogP contribution in [0.4, 0.5) is 0 Å². The van der Waals surface area contributed by atoms with Crippen molar-refractivity contribution >= 4 is 5.97 Å². The fraction of sp³-hybridized carbons (Fsp3) is 0.909. The van der Waals surface area contributed by atoms with Crippen LogP contribution < -0.4 is 11.5 Å². The van der Waals surface area contributed by atoms with Gasteiger partial charge in [-0.05, 0) is 19.4 Å². The van der Waals surface area contributed by atoms with Crippen molar-refractivity contribution in [2.45, 2.75) is 25.3 Å². The van der Waals surface area contributed by atoms with Crippen LogP contribution >= 0.6 is 0 Å². The third kappa shape index (κ3) is 10.2. The minimum Gasteiger partial charge on any atom is -0.462 e. The Balaban J connectivity index is 3.37. The van der Waals surface area contributed by atoms with Gasteiger partial charge in [0.05, 0.1) is 19.8 Å². The normalized spacial score (nSPS) is 12.4. The number of nitrogens with two attached hydrogens (primary N) is 2. The number of hydrogen-bond acceptors (Lipinski definition) is 6. The Kier molecular flexibility index (Phi) is 11.3. The first-order valence-electron chi connectivity index (χ1n) is 5.91. The van der Waals surface area contributed by atoms with Gasteiger partial charge in [0.15, 0.2) is 0 Å². The fourth-order valence-electron chi connectivity index (χ4n) is 1.18. The summed E-state index contributed by atoms with van der Waals surface area (Å²) in [5, 5.41) is 0. The number of methoxy groups -OCH3 is 1. The summed E-state index contributed by atoms with van der Waals surface area (Å²) in [5.74, 6) is -0.377. The molecule has 1 atom stereocenters. The lowest BCUT2D eigenvalue weighted by Gasteiger charge is -2.11. The summed E-state index contributed by atoms with van der Waals surface area (Å²) >= 11 is 0. The largest absolute Gasteiger partial charge is 0.462 e. The lowest BCUT2D eigenvalue weighted by atomic mass is 10.1. The van der Waals surface area contributed by atoms with Gasteiger partial charge in [0.2, 0.25) is 0 Å². The monoisotopic (exact) mass is 248 g/mol. The van der Waals surface area contributed by atoms with Gasteiger partial charge in [-0.3, -0.25) is 4.79 Å². The Morgan fingerprint density at radius 1 is 1.18 bits per heavy atom. The average Bonchev–Trinajstić information content (AvgIpc) is 2.33. The van der Waals surface area contributed by atoms with E-state index in [0.717, 1.165) is 12.8 Å². The van der Waals surface area contributed by atoms with Gasteiger partial charge >= 0.3 is 5.97 Å². The maximum atomic E-state index is 11.4. The zero-order chi connectivity index (χ0) is 12.9. The van der Waals surface area contributed by atoms with Crippen molar-refractivity contribution in [1.82, 2.24) is 0 Å². The Hall–Kier alpha value is -0.690. The summed E-state index contributed by atoms with van der Waals surface area (Å²) in [6, 6.07) is -0.555. The standard InChI is InChI=1S/C11H24N2O4/c1-15-6-7-16-8-9-17-11(14)10(13)4-2-3-5-12/h10H,2-9,12-13H2,1H3. The number of carbonyl (C=O) groups excluding carboxylic acids is 1. The molecule has 0 amide bonds. The van der Waals surface area contributed by atoms with Crippen molar-refractivity contribution in [3.63, 3.8) is 0 Å². The van der Waals surface area contributed by atoms with Crippen LogP contribution in [-0.2, 0) is 19.0 Å². The van der Waals surface area contributed by atoms with Crippen molar-refractivity contribution in [3.05, 3.63) is 0 Å². The second kappa shape index (κ2) is 11.8. The Morgan fingerprint density at radius 3 is 2.53 bits per heavy atom. The molecule has 0 aliphatic heterocycles. The smallest absolute Gasteiger partial charge is 0.322 e. The zero-order valence-corrected chi connectivity index (χ0v) is 10.5. The molecule has 1 unspecified atom stereocenters. The van der Waals surface area contributed by atoms with Crippen molar-refractivity contribution in [1.29, 1.82) is 0 Å². The number of hydrogen-bond donors (Lipinski definition) is 2. The highest BCUT2D eigenvalue weighted by atomic mass is 16.6. The SMILES string of the molecule is COCCOCCOC(=O)C(N)CCCCN. The van der Waals surface area contributed by atoms with Crippen molar-refractivity contribution in [3.8, 4) is 0 Å². The number of ether oxygens (including phenoxy) is 3. The second-order valence-electron chi connectivity index (χ2n) is 3.66. The molecule has 4 N–H and O–H groups in total. The molecule has 17 heavy (non-hydrogen) atoms. The van der Waals surface area contributed by atoms with Gasteiger partial charge in [-0.1, -0.05) is 6.42 Å². The first-order chi connectivity index (χ1) is 8.22. The molecule has 0 fully saturated rings. The molecule has 6 heteroatoms. The van der Waals surface area contributed by atoms with E-state index in [1.165, 1.54) is 0 Å². The molecule has 0 saturated heterocycles. The summed E-state index contributed by atoms with van der Waals surface area (Å²) in [4.78, 5) is 11.4. The molecule has 0 radical (unpaired) electrons. The van der Waals surface area contributed by atoms with Gasteiger partial charge < -0.3 is 25.7 Å². The van der Waals surface area contributed by atoms with E-state index in [1.54, 1.807) is 7.11 Å². The van der Waals surface area contributed by atoms with Crippen LogP contribution in [0.2, 0.25) is 0 Å². The molecule has 0 aliphatic rings. The van der Waals surface area contributed by atoms with E-state index in [-0.39, 0.29) is 12.6 Å². The quantitative estimate of drug-likeness (QED) is 0.383. The van der Waals surface area contributed by atoms with E-state index in [2.05, 4.69) is 0 Å². The molecule has 0 rings (SSSR count). The highest BCUT2D eigenvalue weighted by Crippen LogP contribution is 1.99. The maximum Gasteiger partial charge on any atom is 0.322 e. The van der Waals surface area contributed by atoms with Crippen LogP contribution in [0.1, 0.15) is 19.3 Å². The molecule has 0 aromatic heterocycles. The highest BCUT2D eigenvalue weighted by Gasteiger charge is 2.13. The van der Waals surface area contributed by atoms with Gasteiger partial charge in [0.1, 0.15) is 12.6 Å². The van der Waals surface area contributed by atoms with E-state index in [4.69, 9.17) is 25.7 Å². The molecule has 0 bridgehead atoms. The number of esters is 1. The highest BCUT2D eigenvalue weighted by molar-refractivity contribution is 5.75. The van der Waals surface area contributed by atoms with Gasteiger partial charge in [-0.25, -0.2) is 0 Å². The fourth-order valence-corrected chi connectivity index (χ4v) is 1.18. The molecule has 6 nitrogen and oxygen atoms in total. The number of carbonyl (C=O) groups is 1. The van der Waals surface area contributed by atoms with E-state index >= 15 is 0 Å². The van der Waals surface area contributed by atoms with E-state index in [9.17, 15) is 4.79 Å². The van der Waals surface area contributed by atoms with Gasteiger partial charge in [0.25, 0.3) is 0 Å². The van der Waals surface area contributed by atoms with E-state index in [0.29, 0.717) is 32.8 Å². The molecule has 0 aromatic carbocycles. The predicted molar refractivity (Wildman–Crippen MR) is 64.5 cm³/mol. The van der Waals surface area contributed by atoms with Gasteiger partial charge in [0, 0.05) is 7.11 Å². The lowest BCUT2D eigenvalue weighted by molar-refractivity contribution is -0.147. The molecular formula is C11H24N2O4. The van der Waals surface area contributed by atoms with Crippen LogP contribution in [0.15, 0.2) is 0 Å². The minimum atomic E-state index is -0.555. The Morgan fingerprint density at radius 2 is 1.88 bits per heavy atom. The topological polar surface area (TPSA) is 96.8 Å². The van der Waals surface area contributed by atoms with Crippen LogP contribution in [-0.4, -0.2) is 52.1 Å². The Labute approximate surface area is 103 Å². The van der Waals surface area contributed by atoms with E-state index in [1.807, 2.05) is 0 Å². The summed E-state index contributed by atoms with van der Waals surface area (Å²) < 4.78 is 14.9. The van der Waals surface area contributed by atoms with Gasteiger partial charge in [-0.15, -0.1) is 0 Å². The third-order valence-corrected chi connectivity index (χ3v) is 2.18. The predicted octanol–water partition coefficient (Wildman–Crippen LogP) is -0.351. The summed E-state index contributed by atoms with van der Waals surface area (Å²) in [5.41, 5.74) is 11.0. The first kappa shape index (κ1) is 16.3. The maximum absolute atomic E-state index is 11.4. The first-order valence-corrected chi connectivity index (χ1v) is 5.91. The second-order valence-corrected chi connectivity index (χ2v) is 3.66. The van der Waals surface area contributed by atoms with Crippen molar-refractivity contribution in [2.24, 2.45) is 11.5 Å².